The normalized spacial score (nSPS) is 13.0. The van der Waals surface area contributed by atoms with Gasteiger partial charge < -0.3 is 4.28 Å². The second-order valence-electron chi connectivity index (χ2n) is 1.12. The highest BCUT2D eigenvalue weighted by Gasteiger charge is 2.03. The molecule has 0 bridgehead atoms. The smallest absolute Gasteiger partial charge is 0.166 e. The molecule has 4 radical (unpaired) electrons. The van der Waals surface area contributed by atoms with Crippen LogP contribution in [0.5, 0.6) is 0 Å². The van der Waals surface area contributed by atoms with Gasteiger partial charge in [-0.2, -0.15) is 0 Å². The second kappa shape index (κ2) is 2.16. The van der Waals surface area contributed by atoms with Gasteiger partial charge in [0.25, 0.3) is 0 Å². The van der Waals surface area contributed by atoms with Gasteiger partial charge in [0.1, 0.15) is 0 Å². The first-order chi connectivity index (χ1) is 3.06. The maximum atomic E-state index is 9.21. The zero-order valence-corrected chi connectivity index (χ0v) is 4.64. The Morgan fingerprint density at radius 2 is 2.14 bits per heavy atom. The summed E-state index contributed by atoms with van der Waals surface area (Å²) in [6.07, 6.45) is 11.4. The van der Waals surface area contributed by atoms with Crippen molar-refractivity contribution in [1.29, 1.82) is 0 Å². The van der Waals surface area contributed by atoms with Crippen LogP contribution in [-0.2, 0) is 4.28 Å². The van der Waals surface area contributed by atoms with Crippen molar-refractivity contribution in [3.8, 4) is 0 Å². The van der Waals surface area contributed by atoms with Gasteiger partial charge in [-0.05, 0) is 0 Å². The molecule has 0 amide bonds. The van der Waals surface area contributed by atoms with E-state index in [-0.39, 0.29) is 0 Å². The van der Waals surface area contributed by atoms with Gasteiger partial charge >= 0.3 is 0 Å². The molecule has 0 heterocycles. The molecule has 0 saturated heterocycles. The number of hydrogen-bond donors (Lipinski definition) is 0. The third kappa shape index (κ3) is 5.75. The van der Waals surface area contributed by atoms with Gasteiger partial charge in [-0.25, -0.2) is 0 Å². The lowest BCUT2D eigenvalue weighted by Gasteiger charge is -2.15. The number of hydrogen-bond acceptors (Lipinski definition) is 3. The Labute approximate surface area is 44.5 Å². The monoisotopic (exact) mass is 119 g/mol. The summed E-state index contributed by atoms with van der Waals surface area (Å²) in [5.74, 6) is 0. The minimum absolute atomic E-state index is 1.40. The minimum atomic E-state index is -2.15. The molecule has 0 aliphatic heterocycles. The lowest BCUT2D eigenvalue weighted by atomic mass is 11.9. The van der Waals surface area contributed by atoms with Crippen LogP contribution in [0.2, 0.25) is 0 Å². The lowest BCUT2D eigenvalue weighted by Crippen LogP contribution is -1.84. The minimum Gasteiger partial charge on any atom is -0.311 e. The van der Waals surface area contributed by atoms with Gasteiger partial charge in [0.15, 0.2) is 5.34 Å². The van der Waals surface area contributed by atoms with Gasteiger partial charge in [-0.15, -0.1) is 4.91 Å². The first kappa shape index (κ1) is 6.75. The van der Waals surface area contributed by atoms with E-state index in [2.05, 4.69) is 4.28 Å². The van der Waals surface area contributed by atoms with Crippen molar-refractivity contribution < 1.29 is 4.28 Å². The number of nitrogens with zero attached hydrogens (tertiary/aromatic N) is 1. The molecule has 7 heavy (non-hydrogen) atoms. The second-order valence-corrected chi connectivity index (χ2v) is 3.20. The van der Waals surface area contributed by atoms with E-state index in [1.54, 1.807) is 0 Å². The largest absolute Gasteiger partial charge is 0.311 e. The van der Waals surface area contributed by atoms with E-state index in [1.807, 2.05) is 5.34 Å². The predicted octanol–water partition coefficient (Wildman–Crippen LogP) is 1.37. The third-order valence-corrected chi connectivity index (χ3v) is 0.573. The van der Waals surface area contributed by atoms with Crippen LogP contribution in [0.4, 0.5) is 0 Å². The molecule has 0 fully saturated rings. The van der Waals surface area contributed by atoms with Gasteiger partial charge in [-0.3, -0.25) is 0 Å². The molecular weight excluding hydrogens is 114 g/mol. The van der Waals surface area contributed by atoms with E-state index >= 15 is 0 Å². The molecule has 0 unspecified atom stereocenters. The first-order valence-electron chi connectivity index (χ1n) is 1.41. The summed E-state index contributed by atoms with van der Waals surface area (Å²) < 4.78 is 3.94. The zero-order chi connectivity index (χ0) is 5.91. The SMILES string of the molecule is [CH]S([CH])(C)ON=O. The van der Waals surface area contributed by atoms with Crippen LogP contribution in [0.15, 0.2) is 5.34 Å². The molecule has 0 atom stereocenters. The van der Waals surface area contributed by atoms with Crippen LogP contribution in [0, 0.1) is 17.4 Å². The van der Waals surface area contributed by atoms with E-state index in [9.17, 15) is 4.91 Å². The molecule has 0 aliphatic rings. The molecule has 0 spiro atoms. The highest BCUT2D eigenvalue weighted by atomic mass is 32.3. The quantitative estimate of drug-likeness (QED) is 0.406. The van der Waals surface area contributed by atoms with Crippen molar-refractivity contribution in [2.75, 3.05) is 6.26 Å². The fraction of sp³-hybridized carbons (Fsp3) is 0.333. The Morgan fingerprint density at radius 3 is 2.14 bits per heavy atom. The van der Waals surface area contributed by atoms with Crippen LogP contribution >= 0.6 is 10.3 Å². The Morgan fingerprint density at radius 1 is 1.71 bits per heavy atom. The Bertz CT molecular complexity index is 67.8. The highest BCUT2D eigenvalue weighted by Crippen LogP contribution is 2.40. The van der Waals surface area contributed by atoms with Crippen LogP contribution < -0.4 is 0 Å². The third-order valence-electron chi connectivity index (χ3n) is 0.191. The van der Waals surface area contributed by atoms with Crippen molar-refractivity contribution in [3.63, 3.8) is 0 Å². The standard InChI is InChI=1S/C3H5NO2S/c1-7(2,3)6-4-5/h1-2H,3H3. The van der Waals surface area contributed by atoms with E-state index in [1.165, 1.54) is 6.26 Å². The molecule has 0 N–H and O–H groups in total. The Kier molecular flexibility index (Phi) is 2.08. The first-order valence-corrected chi connectivity index (χ1v) is 3.50. The average molecular weight is 119 g/mol. The van der Waals surface area contributed by atoms with Gasteiger partial charge in [0.2, 0.25) is 0 Å². The fourth-order valence-corrected chi connectivity index (χ4v) is 0.197. The van der Waals surface area contributed by atoms with Crippen molar-refractivity contribution in [3.05, 3.63) is 17.4 Å². The molecular formula is C3H5NO2S. The van der Waals surface area contributed by atoms with Gasteiger partial charge in [0.05, 0.1) is 12.5 Å². The molecule has 0 saturated carbocycles. The van der Waals surface area contributed by atoms with Crippen LogP contribution in [-0.4, -0.2) is 6.26 Å². The highest BCUT2D eigenvalue weighted by molar-refractivity contribution is 8.31. The van der Waals surface area contributed by atoms with Gasteiger partial charge in [-0.1, -0.05) is 10.3 Å². The molecule has 0 aromatic heterocycles. The lowest BCUT2D eigenvalue weighted by molar-refractivity contribution is 0.387. The zero-order valence-electron chi connectivity index (χ0n) is 3.83. The van der Waals surface area contributed by atoms with Crippen LogP contribution in [0.1, 0.15) is 0 Å². The van der Waals surface area contributed by atoms with E-state index in [4.69, 9.17) is 12.5 Å². The maximum absolute atomic E-state index is 9.21. The summed E-state index contributed by atoms with van der Waals surface area (Å²) in [6, 6.07) is 0. The van der Waals surface area contributed by atoms with E-state index in [0.29, 0.717) is 0 Å². The Balaban J connectivity index is 3.34. The van der Waals surface area contributed by atoms with E-state index < -0.39 is 10.3 Å². The molecule has 0 aromatic carbocycles. The Hall–Kier alpha value is -0.250. The van der Waals surface area contributed by atoms with Crippen molar-refractivity contribution >= 4 is 10.3 Å². The van der Waals surface area contributed by atoms with Crippen molar-refractivity contribution in [2.45, 2.75) is 0 Å². The molecule has 0 aliphatic carbocycles. The summed E-state index contributed by atoms with van der Waals surface area (Å²) >= 11 is 0. The number of rotatable bonds is 2. The molecule has 40 valence electrons. The van der Waals surface area contributed by atoms with Gasteiger partial charge in [0, 0.05) is 6.26 Å². The summed E-state index contributed by atoms with van der Waals surface area (Å²) in [5, 5.41) is 2.04. The summed E-state index contributed by atoms with van der Waals surface area (Å²) in [7, 11) is -2.15. The molecule has 0 aromatic rings. The van der Waals surface area contributed by atoms with E-state index in [0.717, 1.165) is 0 Å². The summed E-state index contributed by atoms with van der Waals surface area (Å²) in [4.78, 5) is 9.21. The molecule has 4 heteroatoms. The summed E-state index contributed by atoms with van der Waals surface area (Å²) in [5.41, 5.74) is 0. The topological polar surface area (TPSA) is 38.7 Å². The maximum Gasteiger partial charge on any atom is 0.166 e. The summed E-state index contributed by atoms with van der Waals surface area (Å²) in [6.45, 7) is 0. The van der Waals surface area contributed by atoms with Crippen molar-refractivity contribution in [2.24, 2.45) is 5.34 Å². The molecule has 0 rings (SSSR count). The molecule has 3 nitrogen and oxygen atoms in total. The van der Waals surface area contributed by atoms with Crippen LogP contribution in [0.25, 0.3) is 0 Å². The fourth-order valence-electron chi connectivity index (χ4n) is 0.0656. The van der Waals surface area contributed by atoms with Crippen molar-refractivity contribution in [1.82, 2.24) is 0 Å². The van der Waals surface area contributed by atoms with Crippen LogP contribution in [0.3, 0.4) is 0 Å². The predicted molar refractivity (Wildman–Crippen MR) is 29.0 cm³/mol. The average Bonchev–Trinajstić information content (AvgIpc) is 1.30.